The van der Waals surface area contributed by atoms with Crippen LogP contribution in [0.3, 0.4) is 0 Å². The molecule has 0 saturated heterocycles. The Balaban J connectivity index is 2.23. The average molecular weight is 264 g/mol. The molecule has 0 aliphatic heterocycles. The topological polar surface area (TPSA) is 26.0 Å². The highest BCUT2D eigenvalue weighted by Crippen LogP contribution is 2.25. The van der Waals surface area contributed by atoms with Gasteiger partial charge in [-0.1, -0.05) is 41.9 Å². The Morgan fingerprint density at radius 1 is 1.11 bits per heavy atom. The van der Waals surface area contributed by atoms with E-state index in [9.17, 15) is 4.39 Å². The fourth-order valence-electron chi connectivity index (χ4n) is 2.03. The lowest BCUT2D eigenvalue weighted by Gasteiger charge is -2.16. The summed E-state index contributed by atoms with van der Waals surface area (Å²) in [6.07, 6.45) is 0.650. The number of nitrogens with two attached hydrogens (primary N) is 1. The molecule has 0 aromatic heterocycles. The van der Waals surface area contributed by atoms with Crippen molar-refractivity contribution in [3.8, 4) is 0 Å². The van der Waals surface area contributed by atoms with Gasteiger partial charge in [0.25, 0.3) is 0 Å². The molecule has 0 bridgehead atoms. The second kappa shape index (κ2) is 5.98. The molecule has 0 fully saturated rings. The normalized spacial score (nSPS) is 12.4. The van der Waals surface area contributed by atoms with Crippen molar-refractivity contribution in [2.75, 3.05) is 6.54 Å². The molecule has 3 heteroatoms. The van der Waals surface area contributed by atoms with Crippen molar-refractivity contribution < 1.29 is 4.39 Å². The van der Waals surface area contributed by atoms with Crippen molar-refractivity contribution in [3.05, 3.63) is 70.5 Å². The van der Waals surface area contributed by atoms with Crippen molar-refractivity contribution in [2.24, 2.45) is 5.73 Å². The van der Waals surface area contributed by atoms with E-state index in [1.54, 1.807) is 6.07 Å². The summed E-state index contributed by atoms with van der Waals surface area (Å²) in [7, 11) is 0. The summed E-state index contributed by atoms with van der Waals surface area (Å²) in [5.41, 5.74) is 7.76. The first-order valence-electron chi connectivity index (χ1n) is 5.89. The van der Waals surface area contributed by atoms with Gasteiger partial charge in [-0.05, 0) is 42.3 Å². The molecule has 1 nitrogen and oxygen atoms in total. The highest BCUT2D eigenvalue weighted by molar-refractivity contribution is 6.31. The molecule has 0 aliphatic rings. The van der Waals surface area contributed by atoms with E-state index in [1.807, 2.05) is 30.3 Å². The Kier molecular flexibility index (Phi) is 4.34. The van der Waals surface area contributed by atoms with E-state index in [4.69, 9.17) is 17.3 Å². The number of rotatable bonds is 4. The van der Waals surface area contributed by atoms with Gasteiger partial charge in [-0.2, -0.15) is 0 Å². The second-order valence-corrected chi connectivity index (χ2v) is 4.69. The molecule has 94 valence electrons. The smallest absolute Gasteiger partial charge is 0.123 e. The SMILES string of the molecule is NCC(Cc1cc(F)ccc1Cl)c1ccccc1. The van der Waals surface area contributed by atoms with E-state index in [0.717, 1.165) is 11.1 Å². The first-order chi connectivity index (χ1) is 8.70. The molecular formula is C15H15ClFN. The van der Waals surface area contributed by atoms with Crippen molar-refractivity contribution >= 4 is 11.6 Å². The first kappa shape index (κ1) is 13.1. The third-order valence-electron chi connectivity index (χ3n) is 3.03. The van der Waals surface area contributed by atoms with Crippen LogP contribution in [0.25, 0.3) is 0 Å². The standard InChI is InChI=1S/C15H15ClFN/c16-15-7-6-14(17)9-12(15)8-13(10-18)11-4-2-1-3-5-11/h1-7,9,13H,8,10,18H2. The average Bonchev–Trinajstić information content (AvgIpc) is 2.41. The van der Waals surface area contributed by atoms with Crippen molar-refractivity contribution in [1.29, 1.82) is 0 Å². The Morgan fingerprint density at radius 2 is 1.83 bits per heavy atom. The zero-order valence-electron chi connectivity index (χ0n) is 9.94. The molecule has 0 saturated carbocycles. The van der Waals surface area contributed by atoms with E-state index < -0.39 is 0 Å². The van der Waals surface area contributed by atoms with Gasteiger partial charge in [-0.3, -0.25) is 0 Å². The zero-order valence-corrected chi connectivity index (χ0v) is 10.7. The highest BCUT2D eigenvalue weighted by Gasteiger charge is 2.12. The molecule has 0 heterocycles. The van der Waals surface area contributed by atoms with Crippen molar-refractivity contribution in [1.82, 2.24) is 0 Å². The molecule has 0 aliphatic carbocycles. The lowest BCUT2D eigenvalue weighted by atomic mass is 9.92. The minimum atomic E-state index is -0.266. The maximum Gasteiger partial charge on any atom is 0.123 e. The number of halogens is 2. The van der Waals surface area contributed by atoms with Crippen LogP contribution in [0, 0.1) is 5.82 Å². The predicted octanol–water partition coefficient (Wildman–Crippen LogP) is 3.76. The maximum absolute atomic E-state index is 13.2. The Hall–Kier alpha value is -1.38. The minimum Gasteiger partial charge on any atom is -0.330 e. The summed E-state index contributed by atoms with van der Waals surface area (Å²) in [5.74, 6) is -0.108. The van der Waals surface area contributed by atoms with Crippen LogP contribution < -0.4 is 5.73 Å². The van der Waals surface area contributed by atoms with E-state index in [2.05, 4.69) is 0 Å². The van der Waals surface area contributed by atoms with Gasteiger partial charge in [0.05, 0.1) is 0 Å². The fraction of sp³-hybridized carbons (Fsp3) is 0.200. The summed E-state index contributed by atoms with van der Waals surface area (Å²) in [5, 5.41) is 0.589. The number of hydrogen-bond acceptors (Lipinski definition) is 1. The van der Waals surface area contributed by atoms with E-state index in [-0.39, 0.29) is 11.7 Å². The van der Waals surface area contributed by atoms with Gasteiger partial charge in [-0.25, -0.2) is 4.39 Å². The molecule has 0 radical (unpaired) electrons. The van der Waals surface area contributed by atoms with Crippen LogP contribution in [0.4, 0.5) is 4.39 Å². The lowest BCUT2D eigenvalue weighted by molar-refractivity contribution is 0.621. The van der Waals surface area contributed by atoms with Crippen LogP contribution in [0.5, 0.6) is 0 Å². The first-order valence-corrected chi connectivity index (χ1v) is 6.27. The maximum atomic E-state index is 13.2. The second-order valence-electron chi connectivity index (χ2n) is 4.28. The summed E-state index contributed by atoms with van der Waals surface area (Å²) in [6.45, 7) is 0.511. The van der Waals surface area contributed by atoms with Crippen LogP contribution in [0.2, 0.25) is 5.02 Å². The molecule has 1 unspecified atom stereocenters. The van der Waals surface area contributed by atoms with E-state index in [0.29, 0.717) is 18.0 Å². The summed E-state index contributed by atoms with van der Waals surface area (Å²) in [4.78, 5) is 0. The fourth-order valence-corrected chi connectivity index (χ4v) is 2.22. The molecule has 0 amide bonds. The summed E-state index contributed by atoms with van der Waals surface area (Å²) in [6, 6.07) is 14.4. The zero-order chi connectivity index (χ0) is 13.0. The van der Waals surface area contributed by atoms with Crippen LogP contribution in [-0.2, 0) is 6.42 Å². The lowest BCUT2D eigenvalue weighted by Crippen LogP contribution is -2.15. The Labute approximate surface area is 111 Å². The molecule has 2 rings (SSSR count). The van der Waals surface area contributed by atoms with Gasteiger partial charge in [0.2, 0.25) is 0 Å². The molecule has 18 heavy (non-hydrogen) atoms. The quantitative estimate of drug-likeness (QED) is 0.893. The molecule has 0 spiro atoms. The van der Waals surface area contributed by atoms with Gasteiger partial charge in [-0.15, -0.1) is 0 Å². The molecule has 2 aromatic carbocycles. The van der Waals surface area contributed by atoms with Crippen LogP contribution in [-0.4, -0.2) is 6.54 Å². The number of benzene rings is 2. The Bertz CT molecular complexity index is 513. The van der Waals surface area contributed by atoms with Crippen LogP contribution in [0.1, 0.15) is 17.0 Å². The van der Waals surface area contributed by atoms with Gasteiger partial charge >= 0.3 is 0 Å². The molecular weight excluding hydrogens is 249 g/mol. The van der Waals surface area contributed by atoms with Gasteiger partial charge in [0.15, 0.2) is 0 Å². The molecule has 2 aromatic rings. The molecule has 2 N–H and O–H groups in total. The van der Waals surface area contributed by atoms with E-state index in [1.165, 1.54) is 12.1 Å². The van der Waals surface area contributed by atoms with Crippen LogP contribution in [0.15, 0.2) is 48.5 Å². The number of hydrogen-bond donors (Lipinski definition) is 1. The third-order valence-corrected chi connectivity index (χ3v) is 3.40. The monoisotopic (exact) mass is 263 g/mol. The minimum absolute atomic E-state index is 0.158. The van der Waals surface area contributed by atoms with Crippen molar-refractivity contribution in [2.45, 2.75) is 12.3 Å². The summed E-state index contributed by atoms with van der Waals surface area (Å²) < 4.78 is 13.2. The van der Waals surface area contributed by atoms with Crippen molar-refractivity contribution in [3.63, 3.8) is 0 Å². The van der Waals surface area contributed by atoms with E-state index >= 15 is 0 Å². The van der Waals surface area contributed by atoms with Crippen LogP contribution >= 0.6 is 11.6 Å². The highest BCUT2D eigenvalue weighted by atomic mass is 35.5. The predicted molar refractivity (Wildman–Crippen MR) is 73.4 cm³/mol. The van der Waals surface area contributed by atoms with Gasteiger partial charge in [0.1, 0.15) is 5.82 Å². The third kappa shape index (κ3) is 3.09. The van der Waals surface area contributed by atoms with Gasteiger partial charge < -0.3 is 5.73 Å². The largest absolute Gasteiger partial charge is 0.330 e. The molecule has 1 atom stereocenters. The van der Waals surface area contributed by atoms with Gasteiger partial charge in [0, 0.05) is 10.9 Å². The Morgan fingerprint density at radius 3 is 2.50 bits per heavy atom. The summed E-state index contributed by atoms with van der Waals surface area (Å²) >= 11 is 6.08.